The molecule has 1 aromatic heterocycles. The van der Waals surface area contributed by atoms with Crippen LogP contribution in [0.25, 0.3) is 10.9 Å². The average Bonchev–Trinajstić information content (AvgIpc) is 3.41. The van der Waals surface area contributed by atoms with E-state index >= 15 is 0 Å². The first kappa shape index (κ1) is 34.7. The Labute approximate surface area is 275 Å². The number of piperidine rings is 1. The summed E-state index contributed by atoms with van der Waals surface area (Å²) in [5.41, 5.74) is -1.23. The number of alkyl halides is 3. The Morgan fingerprint density at radius 2 is 1.79 bits per heavy atom. The Bertz CT molecular complexity index is 1780. The molecule has 1 atom stereocenters. The van der Waals surface area contributed by atoms with Crippen molar-refractivity contribution in [3.8, 4) is 11.5 Å². The molecule has 1 aliphatic rings. The van der Waals surface area contributed by atoms with E-state index in [0.717, 1.165) is 17.2 Å². The van der Waals surface area contributed by atoms with Gasteiger partial charge in [0.05, 0.1) is 30.6 Å². The first-order valence-corrected chi connectivity index (χ1v) is 15.7. The second kappa shape index (κ2) is 14.2. The number of halogens is 3. The largest absolute Gasteiger partial charge is 0.493 e. The number of aliphatic hydroxyl groups is 1. The Kier molecular flexibility index (Phi) is 10.3. The van der Waals surface area contributed by atoms with Crippen LogP contribution >= 0.6 is 0 Å². The average molecular weight is 670 g/mol. The summed E-state index contributed by atoms with van der Waals surface area (Å²) in [4.78, 5) is 24.4. The molecule has 0 saturated carbocycles. The predicted molar refractivity (Wildman–Crippen MR) is 172 cm³/mol. The van der Waals surface area contributed by atoms with E-state index in [1.165, 1.54) is 30.0 Å². The zero-order valence-electron chi connectivity index (χ0n) is 27.0. The molecular formula is C35H38F3N3O7. The van der Waals surface area contributed by atoms with Gasteiger partial charge in [-0.1, -0.05) is 30.3 Å². The van der Waals surface area contributed by atoms with Crippen molar-refractivity contribution in [2.24, 2.45) is 0 Å². The first-order valence-electron chi connectivity index (χ1n) is 15.7. The van der Waals surface area contributed by atoms with E-state index in [-0.39, 0.29) is 66.9 Å². The third kappa shape index (κ3) is 7.42. The lowest BCUT2D eigenvalue weighted by Crippen LogP contribution is -2.53. The van der Waals surface area contributed by atoms with E-state index in [1.807, 2.05) is 31.2 Å². The number of rotatable bonds is 12. The molecule has 0 amide bonds. The van der Waals surface area contributed by atoms with E-state index in [0.29, 0.717) is 29.9 Å². The van der Waals surface area contributed by atoms with Gasteiger partial charge >= 0.3 is 12.1 Å². The molecule has 5 rings (SSSR count). The van der Waals surface area contributed by atoms with Gasteiger partial charge in [-0.3, -0.25) is 19.8 Å². The monoisotopic (exact) mass is 669 g/mol. The summed E-state index contributed by atoms with van der Waals surface area (Å²) < 4.78 is 62.9. The zero-order valence-corrected chi connectivity index (χ0v) is 27.0. The number of nitrogens with zero attached hydrogens (tertiary/aromatic N) is 3. The second-order valence-electron chi connectivity index (χ2n) is 12.0. The Hall–Kier alpha value is -4.62. The number of carbonyl (C=O) groups excluding carboxylic acids is 1. The normalized spacial score (nSPS) is 15.6. The van der Waals surface area contributed by atoms with Gasteiger partial charge in [-0.2, -0.15) is 13.2 Å². The summed E-state index contributed by atoms with van der Waals surface area (Å²) in [6, 6.07) is 16.2. The smallest absolute Gasteiger partial charge is 0.422 e. The number of ether oxygens (including phenoxy) is 3. The number of non-ortho nitro benzene ring substituents is 1. The van der Waals surface area contributed by atoms with Crippen molar-refractivity contribution in [1.82, 2.24) is 9.47 Å². The Morgan fingerprint density at radius 3 is 2.44 bits per heavy atom. The van der Waals surface area contributed by atoms with Crippen molar-refractivity contribution < 1.29 is 42.2 Å². The van der Waals surface area contributed by atoms with Gasteiger partial charge in [-0.05, 0) is 61.6 Å². The standard InChI is InChI=1S/C35H38F3N3O7/c1-4-47-33(42)18-24-9-12-31(32(17-24)46-3)48-27-13-15-39(16-14-27)22-34(43,35(36,37)38)29-21-40(20-25-8-6-5-7-23(25)2)30-19-26(41(44)45)10-11-28(29)30/h5-12,17,19,21,27,43H,4,13-16,18,20,22H2,1-3H3. The third-order valence-corrected chi connectivity index (χ3v) is 8.76. The number of aromatic nitrogens is 1. The summed E-state index contributed by atoms with van der Waals surface area (Å²) in [6.07, 6.45) is -3.25. The number of carbonyl (C=O) groups is 1. The molecule has 3 aromatic carbocycles. The fraction of sp³-hybridized carbons (Fsp3) is 0.400. The van der Waals surface area contributed by atoms with Crippen molar-refractivity contribution >= 4 is 22.6 Å². The summed E-state index contributed by atoms with van der Waals surface area (Å²) >= 11 is 0. The summed E-state index contributed by atoms with van der Waals surface area (Å²) in [5, 5.41) is 23.2. The molecule has 1 fully saturated rings. The van der Waals surface area contributed by atoms with E-state index < -0.39 is 23.2 Å². The zero-order chi connectivity index (χ0) is 34.6. The maximum atomic E-state index is 14.9. The van der Waals surface area contributed by atoms with E-state index in [2.05, 4.69) is 0 Å². The molecule has 10 nitrogen and oxygen atoms in total. The van der Waals surface area contributed by atoms with Crippen LogP contribution < -0.4 is 9.47 Å². The number of esters is 1. The van der Waals surface area contributed by atoms with E-state index in [9.17, 15) is 33.2 Å². The maximum absolute atomic E-state index is 14.9. The second-order valence-corrected chi connectivity index (χ2v) is 12.0. The fourth-order valence-electron chi connectivity index (χ4n) is 6.14. The molecule has 256 valence electrons. The Morgan fingerprint density at radius 1 is 1.06 bits per heavy atom. The minimum Gasteiger partial charge on any atom is -0.493 e. The lowest BCUT2D eigenvalue weighted by atomic mass is 9.91. The van der Waals surface area contributed by atoms with Crippen LogP contribution in [0.1, 0.15) is 42.0 Å². The molecule has 1 saturated heterocycles. The summed E-state index contributed by atoms with van der Waals surface area (Å²) in [6.45, 7) is 3.76. The number of nitro benzene ring substituents is 1. The Balaban J connectivity index is 1.36. The van der Waals surface area contributed by atoms with Gasteiger partial charge in [0.15, 0.2) is 11.5 Å². The number of aryl methyl sites for hydroxylation is 1. The molecule has 2 heterocycles. The number of nitro groups is 1. The van der Waals surface area contributed by atoms with Crippen LogP contribution in [0, 0.1) is 17.0 Å². The highest BCUT2D eigenvalue weighted by Crippen LogP contribution is 2.44. The molecule has 0 spiro atoms. The van der Waals surface area contributed by atoms with Crippen LogP contribution in [0.3, 0.4) is 0 Å². The lowest BCUT2D eigenvalue weighted by Gasteiger charge is -2.39. The number of fused-ring (bicyclic) bond motifs is 1. The molecule has 0 aliphatic carbocycles. The van der Waals surface area contributed by atoms with E-state index in [1.54, 1.807) is 30.0 Å². The summed E-state index contributed by atoms with van der Waals surface area (Å²) in [5.74, 6) is 0.510. The number of likely N-dealkylation sites (tertiary alicyclic amines) is 1. The van der Waals surface area contributed by atoms with Gasteiger partial charge < -0.3 is 23.9 Å². The van der Waals surface area contributed by atoms with Gasteiger partial charge in [0.25, 0.3) is 5.69 Å². The quantitative estimate of drug-likeness (QED) is 0.106. The lowest BCUT2D eigenvalue weighted by molar-refractivity contribution is -0.384. The van der Waals surface area contributed by atoms with E-state index in [4.69, 9.17) is 14.2 Å². The number of benzene rings is 3. The van der Waals surface area contributed by atoms with Crippen LogP contribution in [-0.4, -0.2) is 71.1 Å². The predicted octanol–water partition coefficient (Wildman–Crippen LogP) is 6.31. The molecule has 0 radical (unpaired) electrons. The SMILES string of the molecule is CCOC(=O)Cc1ccc(OC2CCN(CC(O)(c3cn(Cc4ccccc4C)c4cc([N+](=O)[O-])ccc34)C(F)(F)F)CC2)c(OC)c1. The molecule has 1 N–H and O–H groups in total. The molecular weight excluding hydrogens is 631 g/mol. The molecule has 13 heteroatoms. The van der Waals surface area contributed by atoms with Crippen molar-refractivity contribution in [2.45, 2.75) is 57.5 Å². The van der Waals surface area contributed by atoms with Gasteiger partial charge in [0.2, 0.25) is 5.60 Å². The first-order chi connectivity index (χ1) is 22.8. The van der Waals surface area contributed by atoms with Gasteiger partial charge in [0, 0.05) is 55.5 Å². The highest BCUT2D eigenvalue weighted by Gasteiger charge is 2.57. The van der Waals surface area contributed by atoms with Crippen LogP contribution in [0.15, 0.2) is 66.9 Å². The molecule has 1 aliphatic heterocycles. The van der Waals surface area contributed by atoms with Crippen molar-refractivity contribution in [2.75, 3.05) is 33.4 Å². The van der Waals surface area contributed by atoms with Gasteiger partial charge in [-0.15, -0.1) is 0 Å². The third-order valence-electron chi connectivity index (χ3n) is 8.76. The highest BCUT2D eigenvalue weighted by atomic mass is 19.4. The molecule has 0 bridgehead atoms. The van der Waals surface area contributed by atoms with Crippen LogP contribution in [0.2, 0.25) is 0 Å². The topological polar surface area (TPSA) is 116 Å². The minimum atomic E-state index is -5.05. The highest BCUT2D eigenvalue weighted by molar-refractivity contribution is 5.87. The van der Waals surface area contributed by atoms with Gasteiger partial charge in [0.1, 0.15) is 6.10 Å². The number of methoxy groups -OCH3 is 1. The molecule has 48 heavy (non-hydrogen) atoms. The molecule has 1 unspecified atom stereocenters. The molecule has 4 aromatic rings. The minimum absolute atomic E-state index is 0.0758. The van der Waals surface area contributed by atoms with Crippen LogP contribution in [0.4, 0.5) is 18.9 Å². The summed E-state index contributed by atoms with van der Waals surface area (Å²) in [7, 11) is 1.48. The number of hydrogen-bond donors (Lipinski definition) is 1. The van der Waals surface area contributed by atoms with Crippen molar-refractivity contribution in [3.05, 3.63) is 99.2 Å². The van der Waals surface area contributed by atoms with Crippen molar-refractivity contribution in [1.29, 1.82) is 0 Å². The van der Waals surface area contributed by atoms with Crippen LogP contribution in [0.5, 0.6) is 11.5 Å². The van der Waals surface area contributed by atoms with Gasteiger partial charge in [-0.25, -0.2) is 0 Å². The number of β-amino-alcohol motifs (C(OH)–C–C–N with tert-alkyl or cyclic N) is 1. The number of hydrogen-bond acceptors (Lipinski definition) is 8. The maximum Gasteiger partial charge on any atom is 0.422 e. The fourth-order valence-corrected chi connectivity index (χ4v) is 6.14. The van der Waals surface area contributed by atoms with Crippen LogP contribution in [-0.2, 0) is 28.1 Å². The van der Waals surface area contributed by atoms with Crippen molar-refractivity contribution in [3.63, 3.8) is 0 Å².